The summed E-state index contributed by atoms with van der Waals surface area (Å²) in [5.74, 6) is -0.359. The normalized spacial score (nSPS) is 10.8. The first-order chi connectivity index (χ1) is 9.15. The number of anilines is 1. The van der Waals surface area contributed by atoms with Crippen molar-refractivity contribution in [2.24, 2.45) is 0 Å². The highest BCUT2D eigenvalue weighted by Gasteiger charge is 2.06. The minimum atomic E-state index is -0.359. The van der Waals surface area contributed by atoms with Crippen LogP contribution < -0.4 is 11.3 Å². The van der Waals surface area contributed by atoms with Gasteiger partial charge in [0.15, 0.2) is 0 Å². The molecule has 1 aromatic heterocycles. The lowest BCUT2D eigenvalue weighted by molar-refractivity contribution is 0.626. The van der Waals surface area contributed by atoms with Gasteiger partial charge in [-0.2, -0.15) is 9.78 Å². The Bertz CT molecular complexity index is 809. The molecule has 0 unspecified atom stereocenters. The van der Waals surface area contributed by atoms with Crippen LogP contribution in [0, 0.1) is 5.82 Å². The average Bonchev–Trinajstić information content (AvgIpc) is 2.41. The maximum atomic E-state index is 12.9. The number of benzene rings is 2. The summed E-state index contributed by atoms with van der Waals surface area (Å²) in [5, 5.41) is 5.28. The molecule has 0 saturated carbocycles. The van der Waals surface area contributed by atoms with Gasteiger partial charge in [-0.25, -0.2) is 4.39 Å². The van der Waals surface area contributed by atoms with Gasteiger partial charge < -0.3 is 5.73 Å². The number of nitrogen functional groups attached to an aromatic ring is 1. The van der Waals surface area contributed by atoms with Crippen LogP contribution in [0.25, 0.3) is 16.5 Å². The molecule has 0 spiro atoms. The van der Waals surface area contributed by atoms with Crippen molar-refractivity contribution in [1.29, 1.82) is 0 Å². The maximum Gasteiger partial charge on any atom is 0.279 e. The summed E-state index contributed by atoms with van der Waals surface area (Å²) in [5.41, 5.74) is 6.43. The third-order valence-electron chi connectivity index (χ3n) is 2.88. The van der Waals surface area contributed by atoms with Gasteiger partial charge in [0.05, 0.1) is 17.3 Å². The monoisotopic (exact) mass is 255 g/mol. The number of halogens is 1. The second kappa shape index (κ2) is 4.20. The van der Waals surface area contributed by atoms with E-state index in [1.807, 2.05) is 0 Å². The molecule has 0 amide bonds. The summed E-state index contributed by atoms with van der Waals surface area (Å²) in [6.45, 7) is 0. The highest BCUT2D eigenvalue weighted by molar-refractivity contribution is 5.83. The maximum absolute atomic E-state index is 12.9. The molecule has 2 aromatic carbocycles. The number of hydrogen-bond acceptors (Lipinski definition) is 3. The minimum absolute atomic E-state index is 0.281. The molecule has 0 aliphatic heterocycles. The Morgan fingerprint density at radius 3 is 2.58 bits per heavy atom. The summed E-state index contributed by atoms with van der Waals surface area (Å²) in [6.07, 6.45) is 1.58. The smallest absolute Gasteiger partial charge is 0.279 e. The molecule has 0 aliphatic carbocycles. The van der Waals surface area contributed by atoms with Crippen molar-refractivity contribution in [2.45, 2.75) is 0 Å². The Morgan fingerprint density at radius 2 is 1.84 bits per heavy atom. The van der Waals surface area contributed by atoms with E-state index < -0.39 is 0 Å². The molecule has 0 fully saturated rings. The molecule has 4 nitrogen and oxygen atoms in total. The summed E-state index contributed by atoms with van der Waals surface area (Å²) in [6, 6.07) is 10.6. The van der Waals surface area contributed by atoms with Crippen molar-refractivity contribution in [2.75, 3.05) is 5.73 Å². The van der Waals surface area contributed by atoms with Crippen LogP contribution in [-0.2, 0) is 0 Å². The van der Waals surface area contributed by atoms with E-state index in [1.165, 1.54) is 28.9 Å². The Hall–Kier alpha value is -2.69. The average molecular weight is 255 g/mol. The van der Waals surface area contributed by atoms with Crippen LogP contribution in [0.3, 0.4) is 0 Å². The first-order valence-electron chi connectivity index (χ1n) is 5.69. The zero-order valence-corrected chi connectivity index (χ0v) is 9.88. The van der Waals surface area contributed by atoms with Crippen LogP contribution in [0.4, 0.5) is 10.1 Å². The predicted molar refractivity (Wildman–Crippen MR) is 71.7 cm³/mol. The van der Waals surface area contributed by atoms with Crippen molar-refractivity contribution >= 4 is 16.5 Å². The molecule has 94 valence electrons. The van der Waals surface area contributed by atoms with Crippen LogP contribution in [0.2, 0.25) is 0 Å². The third kappa shape index (κ3) is 1.95. The lowest BCUT2D eigenvalue weighted by Crippen LogP contribution is -2.20. The Kier molecular flexibility index (Phi) is 2.52. The number of hydrogen-bond donors (Lipinski definition) is 1. The zero-order chi connectivity index (χ0) is 13.4. The minimum Gasteiger partial charge on any atom is -0.399 e. The molecule has 5 heteroatoms. The van der Waals surface area contributed by atoms with Gasteiger partial charge in [-0.3, -0.25) is 4.79 Å². The zero-order valence-electron chi connectivity index (χ0n) is 9.88. The van der Waals surface area contributed by atoms with Crippen LogP contribution in [0.15, 0.2) is 53.5 Å². The van der Waals surface area contributed by atoms with Crippen molar-refractivity contribution in [3.05, 3.63) is 64.8 Å². The number of nitrogens with two attached hydrogens (primary N) is 1. The third-order valence-corrected chi connectivity index (χ3v) is 2.88. The van der Waals surface area contributed by atoms with E-state index >= 15 is 0 Å². The quantitative estimate of drug-likeness (QED) is 0.677. The predicted octanol–water partition coefficient (Wildman–Crippen LogP) is 2.11. The summed E-state index contributed by atoms with van der Waals surface area (Å²) in [4.78, 5) is 12.3. The van der Waals surface area contributed by atoms with Gasteiger partial charge in [-0.15, -0.1) is 0 Å². The van der Waals surface area contributed by atoms with Gasteiger partial charge in [0.25, 0.3) is 5.56 Å². The van der Waals surface area contributed by atoms with E-state index in [4.69, 9.17) is 5.73 Å². The largest absolute Gasteiger partial charge is 0.399 e. The van der Waals surface area contributed by atoms with Crippen LogP contribution in [-0.4, -0.2) is 9.78 Å². The summed E-state index contributed by atoms with van der Waals surface area (Å²) >= 11 is 0. The molecule has 19 heavy (non-hydrogen) atoms. The van der Waals surface area contributed by atoms with Gasteiger partial charge in [0.1, 0.15) is 5.82 Å². The molecule has 0 radical (unpaired) electrons. The first kappa shape index (κ1) is 11.4. The van der Waals surface area contributed by atoms with E-state index in [0.717, 1.165) is 5.39 Å². The fraction of sp³-hybridized carbons (Fsp3) is 0. The van der Waals surface area contributed by atoms with E-state index in [2.05, 4.69) is 5.10 Å². The second-order valence-electron chi connectivity index (χ2n) is 4.18. The molecular formula is C14H10FN3O. The summed E-state index contributed by atoms with van der Waals surface area (Å²) in [7, 11) is 0. The molecule has 0 aliphatic rings. The molecule has 0 bridgehead atoms. The van der Waals surface area contributed by atoms with Crippen molar-refractivity contribution in [1.82, 2.24) is 9.78 Å². The van der Waals surface area contributed by atoms with Gasteiger partial charge in [-0.05, 0) is 36.4 Å². The number of rotatable bonds is 1. The number of nitrogens with zero attached hydrogens (tertiary/aromatic N) is 2. The van der Waals surface area contributed by atoms with Gasteiger partial charge >= 0.3 is 0 Å². The molecule has 1 heterocycles. The molecule has 2 N–H and O–H groups in total. The molecule has 3 aromatic rings. The van der Waals surface area contributed by atoms with Crippen molar-refractivity contribution in [3.63, 3.8) is 0 Å². The standard InChI is InChI=1S/C14H10FN3O/c15-10-2-5-12(6-3-10)18-14(19)13-7-11(16)4-1-9(13)8-17-18/h1-8H,16H2. The Labute approximate surface area is 107 Å². The van der Waals surface area contributed by atoms with Crippen LogP contribution in [0.1, 0.15) is 0 Å². The van der Waals surface area contributed by atoms with Crippen LogP contribution in [0.5, 0.6) is 0 Å². The van der Waals surface area contributed by atoms with E-state index in [-0.39, 0.29) is 11.4 Å². The van der Waals surface area contributed by atoms with Crippen LogP contribution >= 0.6 is 0 Å². The number of aromatic nitrogens is 2. The van der Waals surface area contributed by atoms with E-state index in [0.29, 0.717) is 16.8 Å². The topological polar surface area (TPSA) is 60.9 Å². The highest BCUT2D eigenvalue weighted by atomic mass is 19.1. The highest BCUT2D eigenvalue weighted by Crippen LogP contribution is 2.14. The fourth-order valence-corrected chi connectivity index (χ4v) is 1.92. The van der Waals surface area contributed by atoms with Crippen molar-refractivity contribution in [3.8, 4) is 5.69 Å². The first-order valence-corrected chi connectivity index (χ1v) is 5.69. The fourth-order valence-electron chi connectivity index (χ4n) is 1.92. The van der Waals surface area contributed by atoms with Gasteiger partial charge in [-0.1, -0.05) is 6.07 Å². The lowest BCUT2D eigenvalue weighted by Gasteiger charge is -2.06. The molecular weight excluding hydrogens is 245 g/mol. The second-order valence-corrected chi connectivity index (χ2v) is 4.18. The summed E-state index contributed by atoms with van der Waals surface area (Å²) < 4.78 is 14.1. The lowest BCUT2D eigenvalue weighted by atomic mass is 10.2. The van der Waals surface area contributed by atoms with Gasteiger partial charge in [0, 0.05) is 11.1 Å². The molecule has 0 saturated heterocycles. The van der Waals surface area contributed by atoms with E-state index in [1.54, 1.807) is 24.4 Å². The Morgan fingerprint density at radius 1 is 1.11 bits per heavy atom. The Balaban J connectivity index is 2.28. The molecule has 3 rings (SSSR count). The van der Waals surface area contributed by atoms with Crippen molar-refractivity contribution < 1.29 is 4.39 Å². The van der Waals surface area contributed by atoms with E-state index in [9.17, 15) is 9.18 Å². The SMILES string of the molecule is Nc1ccc2cnn(-c3ccc(F)cc3)c(=O)c2c1. The molecule has 0 atom stereocenters. The number of fused-ring (bicyclic) bond motifs is 1. The van der Waals surface area contributed by atoms with Gasteiger partial charge in [0.2, 0.25) is 0 Å².